The Labute approximate surface area is 97.8 Å². The molecule has 92 valence electrons. The number of rotatable bonds is 1. The zero-order valence-corrected chi connectivity index (χ0v) is 10.7. The van der Waals surface area contributed by atoms with Crippen LogP contribution in [0.2, 0.25) is 0 Å². The van der Waals surface area contributed by atoms with Crippen molar-refractivity contribution in [2.24, 2.45) is 23.7 Å². The minimum atomic E-state index is -1.21. The summed E-state index contributed by atoms with van der Waals surface area (Å²) < 4.78 is 0. The van der Waals surface area contributed by atoms with Crippen LogP contribution in [0, 0.1) is 23.7 Å². The first kappa shape index (κ1) is 11.9. The van der Waals surface area contributed by atoms with E-state index in [0.29, 0.717) is 17.8 Å². The summed E-state index contributed by atoms with van der Waals surface area (Å²) in [6, 6.07) is 0. The summed E-state index contributed by atoms with van der Waals surface area (Å²) in [7, 11) is 0. The van der Waals surface area contributed by atoms with E-state index in [1.165, 1.54) is 6.42 Å². The topological polar surface area (TPSA) is 40.5 Å². The van der Waals surface area contributed by atoms with Crippen LogP contribution in [0.4, 0.5) is 0 Å². The summed E-state index contributed by atoms with van der Waals surface area (Å²) in [5.74, 6) is 2.71. The van der Waals surface area contributed by atoms with Gasteiger partial charge in [0, 0.05) is 13.1 Å². The summed E-state index contributed by atoms with van der Waals surface area (Å²) >= 11 is 0. The molecule has 1 saturated heterocycles. The van der Waals surface area contributed by atoms with Crippen molar-refractivity contribution in [2.45, 2.75) is 39.7 Å². The average Bonchev–Trinajstić information content (AvgIpc) is 2.66. The number of aliphatic hydroxyl groups is 1. The largest absolute Gasteiger partial charge is 0.381 e. The highest BCUT2D eigenvalue weighted by Gasteiger charge is 2.46. The fourth-order valence-electron chi connectivity index (χ4n) is 3.41. The second-order valence-electron chi connectivity index (χ2n) is 6.27. The fraction of sp³-hybridized carbons (Fsp3) is 0.923. The normalized spacial score (nSPS) is 38.9. The number of carbonyl (C=O) groups excluding carboxylic acids is 1. The van der Waals surface area contributed by atoms with Crippen LogP contribution in [-0.2, 0) is 4.79 Å². The standard InChI is InChI=1S/C13H23NO2/c1-8-5-10-6-14(7-11(10)9(8)2)12(15)13(3,4)16/h8-11,16H,5-7H2,1-4H3/t8-,9+,10+,11+/m1/s1. The second kappa shape index (κ2) is 3.73. The third-order valence-corrected chi connectivity index (χ3v) is 4.55. The molecule has 1 N–H and O–H groups in total. The average molecular weight is 225 g/mol. The van der Waals surface area contributed by atoms with Gasteiger partial charge in [-0.25, -0.2) is 0 Å². The highest BCUT2D eigenvalue weighted by molar-refractivity contribution is 5.84. The van der Waals surface area contributed by atoms with Gasteiger partial charge in [0.05, 0.1) is 0 Å². The molecule has 2 aliphatic rings. The van der Waals surface area contributed by atoms with Gasteiger partial charge in [-0.15, -0.1) is 0 Å². The molecule has 1 saturated carbocycles. The summed E-state index contributed by atoms with van der Waals surface area (Å²) in [5.41, 5.74) is -1.21. The molecule has 0 aromatic heterocycles. The lowest BCUT2D eigenvalue weighted by Gasteiger charge is -2.26. The number of fused-ring (bicyclic) bond motifs is 1. The van der Waals surface area contributed by atoms with Gasteiger partial charge in [0.15, 0.2) is 0 Å². The van der Waals surface area contributed by atoms with Crippen molar-refractivity contribution in [1.82, 2.24) is 4.90 Å². The van der Waals surface area contributed by atoms with Crippen LogP contribution in [0.1, 0.15) is 34.1 Å². The van der Waals surface area contributed by atoms with Gasteiger partial charge >= 0.3 is 0 Å². The number of nitrogens with zero attached hydrogens (tertiary/aromatic N) is 1. The first-order valence-corrected chi connectivity index (χ1v) is 6.32. The smallest absolute Gasteiger partial charge is 0.253 e. The van der Waals surface area contributed by atoms with Crippen molar-refractivity contribution >= 4 is 5.91 Å². The quantitative estimate of drug-likeness (QED) is 0.735. The van der Waals surface area contributed by atoms with E-state index < -0.39 is 5.60 Å². The van der Waals surface area contributed by atoms with Crippen molar-refractivity contribution in [1.29, 1.82) is 0 Å². The van der Waals surface area contributed by atoms with Gasteiger partial charge in [-0.1, -0.05) is 13.8 Å². The number of carbonyl (C=O) groups is 1. The second-order valence-corrected chi connectivity index (χ2v) is 6.27. The minimum Gasteiger partial charge on any atom is -0.381 e. The molecule has 3 nitrogen and oxygen atoms in total. The van der Waals surface area contributed by atoms with Gasteiger partial charge in [-0.3, -0.25) is 4.79 Å². The maximum Gasteiger partial charge on any atom is 0.253 e. The van der Waals surface area contributed by atoms with Crippen molar-refractivity contribution in [2.75, 3.05) is 13.1 Å². The zero-order chi connectivity index (χ0) is 12.1. The lowest BCUT2D eigenvalue weighted by Crippen LogP contribution is -2.44. The third kappa shape index (κ3) is 1.86. The van der Waals surface area contributed by atoms with Gasteiger partial charge in [0.1, 0.15) is 5.60 Å². The molecule has 0 spiro atoms. The van der Waals surface area contributed by atoms with E-state index in [1.54, 1.807) is 13.8 Å². The van der Waals surface area contributed by atoms with E-state index in [4.69, 9.17) is 0 Å². The Hall–Kier alpha value is -0.570. The Kier molecular flexibility index (Phi) is 2.77. The highest BCUT2D eigenvalue weighted by atomic mass is 16.3. The van der Waals surface area contributed by atoms with Gasteiger partial charge < -0.3 is 10.0 Å². The summed E-state index contributed by atoms with van der Waals surface area (Å²) in [4.78, 5) is 13.8. The van der Waals surface area contributed by atoms with Crippen molar-refractivity contribution in [3.63, 3.8) is 0 Å². The molecule has 0 bridgehead atoms. The van der Waals surface area contributed by atoms with Crippen LogP contribution >= 0.6 is 0 Å². The maximum atomic E-state index is 12.0. The van der Waals surface area contributed by atoms with E-state index >= 15 is 0 Å². The lowest BCUT2D eigenvalue weighted by atomic mass is 9.91. The van der Waals surface area contributed by atoms with Crippen molar-refractivity contribution in [3.05, 3.63) is 0 Å². The Morgan fingerprint density at radius 3 is 2.44 bits per heavy atom. The maximum absolute atomic E-state index is 12.0. The van der Waals surface area contributed by atoms with E-state index in [9.17, 15) is 9.90 Å². The lowest BCUT2D eigenvalue weighted by molar-refractivity contribution is -0.147. The summed E-state index contributed by atoms with van der Waals surface area (Å²) in [5, 5.41) is 9.74. The minimum absolute atomic E-state index is 0.109. The molecule has 0 radical (unpaired) electrons. The molecule has 2 fully saturated rings. The number of hydrogen-bond acceptors (Lipinski definition) is 2. The van der Waals surface area contributed by atoms with Crippen LogP contribution in [0.3, 0.4) is 0 Å². The van der Waals surface area contributed by atoms with E-state index in [2.05, 4.69) is 13.8 Å². The Morgan fingerprint density at radius 1 is 1.31 bits per heavy atom. The third-order valence-electron chi connectivity index (χ3n) is 4.55. The summed E-state index contributed by atoms with van der Waals surface area (Å²) in [6.07, 6.45) is 1.24. The molecule has 0 aromatic rings. The fourth-order valence-corrected chi connectivity index (χ4v) is 3.41. The number of hydrogen-bond donors (Lipinski definition) is 1. The Morgan fingerprint density at radius 2 is 1.94 bits per heavy atom. The molecule has 4 atom stereocenters. The molecule has 1 amide bonds. The Bertz CT molecular complexity index is 295. The molecule has 1 heterocycles. The molecule has 16 heavy (non-hydrogen) atoms. The van der Waals surface area contributed by atoms with Gasteiger partial charge in [0.2, 0.25) is 0 Å². The van der Waals surface area contributed by atoms with Crippen LogP contribution < -0.4 is 0 Å². The molecular weight excluding hydrogens is 202 g/mol. The zero-order valence-electron chi connectivity index (χ0n) is 10.7. The summed E-state index contributed by atoms with van der Waals surface area (Å²) in [6.45, 7) is 9.46. The molecular formula is C13H23NO2. The van der Waals surface area contributed by atoms with Crippen LogP contribution in [0.15, 0.2) is 0 Å². The van der Waals surface area contributed by atoms with Gasteiger partial charge in [0.25, 0.3) is 5.91 Å². The molecule has 0 unspecified atom stereocenters. The van der Waals surface area contributed by atoms with Gasteiger partial charge in [-0.2, -0.15) is 0 Å². The highest BCUT2D eigenvalue weighted by Crippen LogP contribution is 2.45. The Balaban J connectivity index is 2.03. The SMILES string of the molecule is C[C@@H]1[C@@H]2CN(C(=O)C(C)(C)O)C[C@@H]2C[C@H]1C. The number of likely N-dealkylation sites (tertiary alicyclic amines) is 1. The van der Waals surface area contributed by atoms with Gasteiger partial charge in [-0.05, 0) is 43.9 Å². The van der Waals surface area contributed by atoms with Crippen molar-refractivity contribution < 1.29 is 9.90 Å². The molecule has 2 rings (SSSR count). The molecule has 0 aromatic carbocycles. The van der Waals surface area contributed by atoms with E-state index in [0.717, 1.165) is 19.0 Å². The van der Waals surface area contributed by atoms with Crippen LogP contribution in [0.25, 0.3) is 0 Å². The molecule has 3 heteroatoms. The predicted octanol–water partition coefficient (Wildman–Crippen LogP) is 1.51. The molecule has 1 aliphatic heterocycles. The first-order valence-electron chi connectivity index (χ1n) is 6.32. The van der Waals surface area contributed by atoms with E-state index in [-0.39, 0.29) is 5.91 Å². The van der Waals surface area contributed by atoms with Crippen molar-refractivity contribution in [3.8, 4) is 0 Å². The molecule has 1 aliphatic carbocycles. The first-order chi connectivity index (χ1) is 7.30. The predicted molar refractivity (Wildman–Crippen MR) is 62.8 cm³/mol. The number of amides is 1. The van der Waals surface area contributed by atoms with E-state index in [1.807, 2.05) is 4.90 Å². The monoisotopic (exact) mass is 225 g/mol. The van der Waals surface area contributed by atoms with Crippen LogP contribution in [0.5, 0.6) is 0 Å². The van der Waals surface area contributed by atoms with Crippen LogP contribution in [-0.4, -0.2) is 34.6 Å².